The highest BCUT2D eigenvalue weighted by molar-refractivity contribution is 6.31. The van der Waals surface area contributed by atoms with Gasteiger partial charge in [0.05, 0.1) is 6.61 Å². The summed E-state index contributed by atoms with van der Waals surface area (Å²) in [5, 5.41) is 9.62. The Balaban J connectivity index is 1.60. The van der Waals surface area contributed by atoms with Crippen LogP contribution in [0.3, 0.4) is 0 Å². The molecule has 131 valence electrons. The lowest BCUT2D eigenvalue weighted by Gasteiger charge is -2.28. The Hall–Kier alpha value is -1.25. The highest BCUT2D eigenvalue weighted by Gasteiger charge is 2.37. The first-order chi connectivity index (χ1) is 11.2. The molecule has 0 spiro atoms. The van der Waals surface area contributed by atoms with E-state index in [9.17, 15) is 18.3 Å². The fourth-order valence-corrected chi connectivity index (χ4v) is 3.17. The Morgan fingerprint density at radius 1 is 1.29 bits per heavy atom. The van der Waals surface area contributed by atoms with Crippen LogP contribution in [0, 0.1) is 11.7 Å². The summed E-state index contributed by atoms with van der Waals surface area (Å²) in [6.45, 7) is 0.282. The van der Waals surface area contributed by atoms with Gasteiger partial charge in [-0.05, 0) is 42.3 Å². The molecule has 0 aromatic heterocycles. The van der Waals surface area contributed by atoms with Crippen LogP contribution in [-0.2, 0) is 4.65 Å². The van der Waals surface area contributed by atoms with E-state index in [-0.39, 0.29) is 37.6 Å². The minimum absolute atomic E-state index is 0.0480. The number of nitrogens with two attached hydrogens (primary N) is 1. The van der Waals surface area contributed by atoms with E-state index in [0.717, 1.165) is 0 Å². The molecular weight excluding hydrogens is 322 g/mol. The van der Waals surface area contributed by atoms with Crippen molar-refractivity contribution in [2.75, 3.05) is 6.61 Å². The van der Waals surface area contributed by atoms with Gasteiger partial charge in [-0.3, -0.25) is 5.73 Å². The average Bonchev–Trinajstić information content (AvgIpc) is 2.86. The molecule has 1 aliphatic carbocycles. The first kappa shape index (κ1) is 17.6. The summed E-state index contributed by atoms with van der Waals surface area (Å²) in [4.78, 5) is 0. The molecular formula is C16H20BF3NO3. The first-order valence-corrected chi connectivity index (χ1v) is 8.06. The Labute approximate surface area is 139 Å². The Kier molecular flexibility index (Phi) is 4.81. The molecule has 1 saturated heterocycles. The van der Waals surface area contributed by atoms with Crippen LogP contribution in [0.25, 0.3) is 0 Å². The van der Waals surface area contributed by atoms with Gasteiger partial charge in [0.25, 0.3) is 0 Å². The number of rotatable bonds is 4. The van der Waals surface area contributed by atoms with Crippen molar-refractivity contribution in [1.29, 1.82) is 0 Å². The van der Waals surface area contributed by atoms with Crippen LogP contribution in [0.5, 0.6) is 5.75 Å². The van der Waals surface area contributed by atoms with Gasteiger partial charge in [-0.2, -0.15) is 0 Å². The van der Waals surface area contributed by atoms with E-state index >= 15 is 0 Å². The lowest BCUT2D eigenvalue weighted by Crippen LogP contribution is -2.38. The molecule has 4 nitrogen and oxygen atoms in total. The van der Waals surface area contributed by atoms with Gasteiger partial charge in [-0.1, -0.05) is 0 Å². The maximum absolute atomic E-state index is 13.8. The van der Waals surface area contributed by atoms with E-state index in [1.807, 2.05) is 0 Å². The molecule has 1 heterocycles. The zero-order valence-corrected chi connectivity index (χ0v) is 13.2. The van der Waals surface area contributed by atoms with Crippen molar-refractivity contribution >= 4 is 7.48 Å². The van der Waals surface area contributed by atoms with Gasteiger partial charge >= 0.3 is 7.48 Å². The minimum atomic E-state index is -2.57. The zero-order valence-electron chi connectivity index (χ0n) is 13.2. The molecule has 2 aliphatic rings. The summed E-state index contributed by atoms with van der Waals surface area (Å²) in [5.74, 6) is -4.74. The summed E-state index contributed by atoms with van der Waals surface area (Å²) < 4.78 is 50.7. The maximum atomic E-state index is 13.8. The molecule has 3 rings (SSSR count). The molecule has 1 aromatic carbocycles. The van der Waals surface area contributed by atoms with Gasteiger partial charge in [0.1, 0.15) is 11.6 Å². The molecule has 2 unspecified atom stereocenters. The molecule has 8 heteroatoms. The lowest BCUT2D eigenvalue weighted by molar-refractivity contribution is -0.119. The smallest absolute Gasteiger partial charge is 0.306 e. The van der Waals surface area contributed by atoms with E-state index in [1.165, 1.54) is 19.6 Å². The number of hydrogen-bond acceptors (Lipinski definition) is 4. The van der Waals surface area contributed by atoms with Gasteiger partial charge in [0, 0.05) is 25.3 Å². The second kappa shape index (κ2) is 6.57. The number of benzene rings is 1. The third-order valence-electron chi connectivity index (χ3n) is 4.59. The standard InChI is InChI=1S/C16H20BF3NO3/c18-12-5-11(14-8-16(21,22)24-17-14)6-13(7-12)23-9-10-1-3-15(19,20)4-2-10/h5-7,10,14,22H,1-4,8-9,21H2. The second-order valence-corrected chi connectivity index (χ2v) is 6.74. The quantitative estimate of drug-likeness (QED) is 0.652. The van der Waals surface area contributed by atoms with Crippen LogP contribution in [-0.4, -0.2) is 31.0 Å². The van der Waals surface area contributed by atoms with Crippen molar-refractivity contribution in [2.45, 2.75) is 49.8 Å². The highest BCUT2D eigenvalue weighted by atomic mass is 19.3. The fourth-order valence-electron chi connectivity index (χ4n) is 3.17. The number of aliphatic hydroxyl groups is 1. The molecule has 0 bridgehead atoms. The molecule has 1 radical (unpaired) electrons. The number of hydrogen-bond donors (Lipinski definition) is 2. The molecule has 2 atom stereocenters. The molecule has 1 saturated carbocycles. The Morgan fingerprint density at radius 3 is 2.62 bits per heavy atom. The summed E-state index contributed by atoms with van der Waals surface area (Å²) in [7, 11) is 1.38. The van der Waals surface area contributed by atoms with E-state index in [1.54, 1.807) is 6.07 Å². The monoisotopic (exact) mass is 342 g/mol. The van der Waals surface area contributed by atoms with Crippen molar-refractivity contribution < 1.29 is 27.7 Å². The average molecular weight is 342 g/mol. The predicted octanol–water partition coefficient (Wildman–Crippen LogP) is 2.72. The van der Waals surface area contributed by atoms with Crippen LogP contribution in [0.1, 0.15) is 43.5 Å². The summed E-state index contributed by atoms with van der Waals surface area (Å²) in [5.41, 5.74) is 6.06. The number of ether oxygens (including phenoxy) is 1. The molecule has 1 aliphatic heterocycles. The molecule has 3 N–H and O–H groups in total. The highest BCUT2D eigenvalue weighted by Crippen LogP contribution is 2.37. The lowest BCUT2D eigenvalue weighted by atomic mass is 9.75. The fraction of sp³-hybridized carbons (Fsp3) is 0.625. The van der Waals surface area contributed by atoms with E-state index in [2.05, 4.69) is 0 Å². The van der Waals surface area contributed by atoms with Gasteiger partial charge in [0.2, 0.25) is 11.8 Å². The Morgan fingerprint density at radius 2 is 2.00 bits per heavy atom. The number of alkyl halides is 2. The zero-order chi connectivity index (χ0) is 17.4. The molecule has 1 aromatic rings. The minimum Gasteiger partial charge on any atom is -0.493 e. The summed E-state index contributed by atoms with van der Waals surface area (Å²) in [6.07, 6.45) is 0.671. The summed E-state index contributed by atoms with van der Waals surface area (Å²) >= 11 is 0. The van der Waals surface area contributed by atoms with Crippen molar-refractivity contribution in [3.05, 3.63) is 29.6 Å². The van der Waals surface area contributed by atoms with E-state index in [4.69, 9.17) is 15.1 Å². The van der Waals surface area contributed by atoms with Gasteiger partial charge in [-0.25, -0.2) is 13.2 Å². The molecule has 0 amide bonds. The Bertz CT molecular complexity index is 590. The van der Waals surface area contributed by atoms with Gasteiger partial charge in [0.15, 0.2) is 0 Å². The molecule has 24 heavy (non-hydrogen) atoms. The number of halogens is 3. The summed E-state index contributed by atoms with van der Waals surface area (Å²) in [6, 6.07) is 4.25. The SMILES string of the molecule is NC1(O)CC(c2cc(F)cc(OCC3CCC(F)(F)CC3)c2)[B]O1. The molecule has 2 fully saturated rings. The van der Waals surface area contributed by atoms with Crippen LogP contribution >= 0.6 is 0 Å². The largest absolute Gasteiger partial charge is 0.493 e. The van der Waals surface area contributed by atoms with Crippen LogP contribution in [0.2, 0.25) is 0 Å². The first-order valence-electron chi connectivity index (χ1n) is 8.06. The van der Waals surface area contributed by atoms with Gasteiger partial charge in [-0.15, -0.1) is 0 Å². The van der Waals surface area contributed by atoms with Crippen LogP contribution in [0.4, 0.5) is 13.2 Å². The van der Waals surface area contributed by atoms with E-state index in [0.29, 0.717) is 24.2 Å². The van der Waals surface area contributed by atoms with Crippen molar-refractivity contribution in [2.24, 2.45) is 11.7 Å². The van der Waals surface area contributed by atoms with Crippen molar-refractivity contribution in [3.63, 3.8) is 0 Å². The third kappa shape index (κ3) is 4.43. The van der Waals surface area contributed by atoms with Crippen LogP contribution < -0.4 is 10.5 Å². The normalized spacial score (nSPS) is 30.1. The van der Waals surface area contributed by atoms with Crippen molar-refractivity contribution in [3.8, 4) is 5.75 Å². The second-order valence-electron chi connectivity index (χ2n) is 6.74. The van der Waals surface area contributed by atoms with Crippen LogP contribution in [0.15, 0.2) is 18.2 Å². The third-order valence-corrected chi connectivity index (χ3v) is 4.59. The topological polar surface area (TPSA) is 64.7 Å². The van der Waals surface area contributed by atoms with Crippen molar-refractivity contribution in [1.82, 2.24) is 0 Å². The predicted molar refractivity (Wildman–Crippen MR) is 82.1 cm³/mol. The van der Waals surface area contributed by atoms with E-state index < -0.39 is 17.7 Å². The maximum Gasteiger partial charge on any atom is 0.306 e. The van der Waals surface area contributed by atoms with Gasteiger partial charge < -0.3 is 14.5 Å².